The molecule has 0 bridgehead atoms. The topological polar surface area (TPSA) is 86.2 Å². The Kier molecular flexibility index (Phi) is 5.39. The zero-order valence-electron chi connectivity index (χ0n) is 17.1. The van der Waals surface area contributed by atoms with E-state index in [9.17, 15) is 9.59 Å². The summed E-state index contributed by atoms with van der Waals surface area (Å²) in [5, 5.41) is 9.29. The van der Waals surface area contributed by atoms with E-state index in [2.05, 4.69) is 22.3 Å². The minimum absolute atomic E-state index is 0.206. The highest BCUT2D eigenvalue weighted by atomic mass is 32.1. The van der Waals surface area contributed by atoms with E-state index < -0.39 is 11.9 Å². The van der Waals surface area contributed by atoms with E-state index in [0.717, 1.165) is 22.0 Å². The number of fused-ring (bicyclic) bond motifs is 1. The van der Waals surface area contributed by atoms with Gasteiger partial charge in [0.2, 0.25) is 0 Å². The van der Waals surface area contributed by atoms with Crippen LogP contribution in [-0.2, 0) is 9.59 Å². The van der Waals surface area contributed by atoms with Crippen LogP contribution in [-0.4, -0.2) is 26.7 Å². The number of ether oxygens (including phenoxy) is 2. The molecule has 3 aromatic carbocycles. The lowest BCUT2D eigenvalue weighted by Gasteiger charge is -2.14. The van der Waals surface area contributed by atoms with E-state index in [1.807, 2.05) is 31.2 Å². The van der Waals surface area contributed by atoms with Gasteiger partial charge in [-0.3, -0.25) is 19.3 Å². The fourth-order valence-electron chi connectivity index (χ4n) is 3.42. The van der Waals surface area contributed by atoms with Crippen LogP contribution in [0.1, 0.15) is 19.4 Å². The van der Waals surface area contributed by atoms with Gasteiger partial charge in [0.15, 0.2) is 10.6 Å². The molecule has 0 spiro atoms. The van der Waals surface area contributed by atoms with Crippen LogP contribution in [0.2, 0.25) is 0 Å². The first-order valence-corrected chi connectivity index (χ1v) is 9.93. The summed E-state index contributed by atoms with van der Waals surface area (Å²) in [6.07, 6.45) is 0. The maximum absolute atomic E-state index is 11.7. The number of H-pyrrole nitrogens is 1. The molecule has 0 aliphatic carbocycles. The SMILES string of the molecule is CC(=O)Oc1ccc(-c2n[nH]c(=S)n2-c2cccc3ccc(C)cc23)c(OC(C)=O)c1. The molecule has 0 atom stereocenters. The number of aromatic nitrogens is 3. The molecule has 0 radical (unpaired) electrons. The number of carbonyl (C=O) groups is 2. The van der Waals surface area contributed by atoms with Gasteiger partial charge in [-0.05, 0) is 48.8 Å². The molecular formula is C23H19N3O4S. The summed E-state index contributed by atoms with van der Waals surface area (Å²) in [6, 6.07) is 16.9. The molecule has 1 aromatic heterocycles. The molecule has 156 valence electrons. The molecular weight excluding hydrogens is 414 g/mol. The molecule has 7 nitrogen and oxygen atoms in total. The van der Waals surface area contributed by atoms with E-state index in [0.29, 0.717) is 16.2 Å². The predicted octanol–water partition coefficient (Wildman–Crippen LogP) is 4.91. The number of rotatable bonds is 4. The lowest BCUT2D eigenvalue weighted by molar-refractivity contribution is -0.132. The van der Waals surface area contributed by atoms with Crippen molar-refractivity contribution in [3.63, 3.8) is 0 Å². The molecule has 4 rings (SSSR count). The predicted molar refractivity (Wildman–Crippen MR) is 119 cm³/mol. The van der Waals surface area contributed by atoms with Crippen LogP contribution in [0.3, 0.4) is 0 Å². The maximum Gasteiger partial charge on any atom is 0.308 e. The molecule has 8 heteroatoms. The average Bonchev–Trinajstić information content (AvgIpc) is 3.08. The standard InChI is InChI=1S/C23H19N3O4S/c1-13-7-8-16-5-4-6-20(19(16)11-13)26-22(24-25-23(26)31)18-10-9-17(29-14(2)27)12-21(18)30-15(3)28/h4-12H,1-3H3,(H,25,31). The fourth-order valence-corrected chi connectivity index (χ4v) is 3.65. The van der Waals surface area contributed by atoms with E-state index in [1.54, 1.807) is 16.7 Å². The molecule has 0 aliphatic heterocycles. The van der Waals surface area contributed by atoms with Crippen LogP contribution in [0.15, 0.2) is 54.6 Å². The van der Waals surface area contributed by atoms with Crippen molar-refractivity contribution >= 4 is 34.9 Å². The Morgan fingerprint density at radius 2 is 1.77 bits per heavy atom. The Morgan fingerprint density at radius 3 is 2.52 bits per heavy atom. The summed E-state index contributed by atoms with van der Waals surface area (Å²) in [6.45, 7) is 4.62. The van der Waals surface area contributed by atoms with Crippen molar-refractivity contribution in [2.24, 2.45) is 0 Å². The Labute approximate surface area is 183 Å². The Hall–Kier alpha value is -3.78. The van der Waals surface area contributed by atoms with E-state index in [1.165, 1.54) is 19.9 Å². The molecule has 0 unspecified atom stereocenters. The molecule has 1 heterocycles. The smallest absolute Gasteiger partial charge is 0.308 e. The van der Waals surface area contributed by atoms with Crippen LogP contribution in [0.25, 0.3) is 27.8 Å². The van der Waals surface area contributed by atoms with Crippen LogP contribution in [0.4, 0.5) is 0 Å². The second-order valence-electron chi connectivity index (χ2n) is 7.03. The summed E-state index contributed by atoms with van der Waals surface area (Å²) in [5.74, 6) is -0.0606. The van der Waals surface area contributed by atoms with Gasteiger partial charge in [0, 0.05) is 25.3 Å². The van der Waals surface area contributed by atoms with E-state index in [4.69, 9.17) is 21.7 Å². The van der Waals surface area contributed by atoms with E-state index in [-0.39, 0.29) is 11.5 Å². The number of hydrogen-bond acceptors (Lipinski definition) is 6. The van der Waals surface area contributed by atoms with Crippen molar-refractivity contribution in [2.75, 3.05) is 0 Å². The molecule has 0 fully saturated rings. The third-order valence-electron chi connectivity index (χ3n) is 4.64. The number of hydrogen-bond donors (Lipinski definition) is 1. The fraction of sp³-hybridized carbons (Fsp3) is 0.130. The highest BCUT2D eigenvalue weighted by Gasteiger charge is 2.19. The van der Waals surface area contributed by atoms with Gasteiger partial charge in [-0.15, -0.1) is 0 Å². The zero-order chi connectivity index (χ0) is 22.1. The van der Waals surface area contributed by atoms with E-state index >= 15 is 0 Å². The molecule has 0 saturated heterocycles. The molecule has 0 aliphatic rings. The largest absolute Gasteiger partial charge is 0.427 e. The Morgan fingerprint density at radius 1 is 1.00 bits per heavy atom. The zero-order valence-corrected chi connectivity index (χ0v) is 17.9. The second-order valence-corrected chi connectivity index (χ2v) is 7.42. The lowest BCUT2D eigenvalue weighted by Crippen LogP contribution is -2.07. The summed E-state index contributed by atoms with van der Waals surface area (Å²) in [4.78, 5) is 23.0. The maximum atomic E-state index is 11.7. The number of aromatic amines is 1. The quantitative estimate of drug-likeness (QED) is 0.280. The minimum Gasteiger partial charge on any atom is -0.427 e. The minimum atomic E-state index is -0.511. The summed E-state index contributed by atoms with van der Waals surface area (Å²) >= 11 is 5.53. The second kappa shape index (κ2) is 8.16. The van der Waals surface area contributed by atoms with Gasteiger partial charge in [0.05, 0.1) is 11.3 Å². The van der Waals surface area contributed by atoms with Crippen molar-refractivity contribution in [3.8, 4) is 28.6 Å². The molecule has 0 amide bonds. The number of nitrogens with one attached hydrogen (secondary N) is 1. The van der Waals surface area contributed by atoms with Crippen LogP contribution < -0.4 is 9.47 Å². The molecule has 1 N–H and O–H groups in total. The van der Waals surface area contributed by atoms with Gasteiger partial charge in [-0.1, -0.05) is 29.8 Å². The Balaban J connectivity index is 1.95. The lowest BCUT2D eigenvalue weighted by atomic mass is 10.1. The van der Waals surface area contributed by atoms with Crippen LogP contribution in [0.5, 0.6) is 11.5 Å². The highest BCUT2D eigenvalue weighted by molar-refractivity contribution is 7.71. The number of benzene rings is 3. The summed E-state index contributed by atoms with van der Waals surface area (Å²) < 4.78 is 12.7. The van der Waals surface area contributed by atoms with Crippen molar-refractivity contribution < 1.29 is 19.1 Å². The first kappa shape index (κ1) is 20.5. The van der Waals surface area contributed by atoms with Crippen molar-refractivity contribution in [1.82, 2.24) is 14.8 Å². The monoisotopic (exact) mass is 433 g/mol. The highest BCUT2D eigenvalue weighted by Crippen LogP contribution is 2.35. The van der Waals surface area contributed by atoms with Gasteiger partial charge in [0.25, 0.3) is 0 Å². The van der Waals surface area contributed by atoms with Gasteiger partial charge >= 0.3 is 11.9 Å². The van der Waals surface area contributed by atoms with Gasteiger partial charge in [-0.2, -0.15) is 5.10 Å². The molecule has 0 saturated carbocycles. The summed E-state index contributed by atoms with van der Waals surface area (Å²) in [5.41, 5.74) is 2.47. The third kappa shape index (κ3) is 4.10. The van der Waals surface area contributed by atoms with Gasteiger partial charge in [-0.25, -0.2) is 0 Å². The first-order valence-electron chi connectivity index (χ1n) is 9.52. The van der Waals surface area contributed by atoms with Crippen molar-refractivity contribution in [2.45, 2.75) is 20.8 Å². The van der Waals surface area contributed by atoms with Crippen LogP contribution in [0, 0.1) is 11.7 Å². The number of carbonyl (C=O) groups excluding carboxylic acids is 2. The normalized spacial score (nSPS) is 10.8. The number of esters is 2. The first-order chi connectivity index (χ1) is 14.8. The average molecular weight is 433 g/mol. The Bertz CT molecular complexity index is 1390. The summed E-state index contributed by atoms with van der Waals surface area (Å²) in [7, 11) is 0. The number of aryl methyl sites for hydroxylation is 1. The third-order valence-corrected chi connectivity index (χ3v) is 4.91. The van der Waals surface area contributed by atoms with Crippen molar-refractivity contribution in [1.29, 1.82) is 0 Å². The number of nitrogens with zero attached hydrogens (tertiary/aromatic N) is 2. The molecule has 4 aromatic rings. The molecule has 31 heavy (non-hydrogen) atoms. The van der Waals surface area contributed by atoms with Crippen LogP contribution >= 0.6 is 12.2 Å². The van der Waals surface area contributed by atoms with Gasteiger partial charge in [0.1, 0.15) is 11.5 Å². The van der Waals surface area contributed by atoms with Gasteiger partial charge < -0.3 is 9.47 Å². The van der Waals surface area contributed by atoms with Crippen molar-refractivity contribution in [3.05, 3.63) is 64.9 Å².